The Kier molecular flexibility index (Phi) is 5.53. The normalized spacial score (nSPS) is 13.6. The number of aryl methyl sites for hydroxylation is 2. The topological polar surface area (TPSA) is 70.4 Å². The molecule has 0 aromatic carbocycles. The van der Waals surface area contributed by atoms with E-state index in [0.29, 0.717) is 13.1 Å². The molecule has 0 fully saturated rings. The molecule has 1 aromatic heterocycles. The quantitative estimate of drug-likeness (QED) is 0.834. The van der Waals surface area contributed by atoms with Gasteiger partial charge in [0, 0.05) is 13.6 Å². The Hall–Kier alpha value is -1.40. The maximum absolute atomic E-state index is 12.4. The third-order valence-electron chi connectivity index (χ3n) is 3.68. The molecule has 0 saturated carbocycles. The molecule has 1 atom stereocenters. The van der Waals surface area contributed by atoms with Crippen molar-refractivity contribution >= 4 is 11.6 Å². The van der Waals surface area contributed by atoms with E-state index in [4.69, 9.17) is 0 Å². The molecule has 1 amide bonds. The number of amides is 1. The van der Waals surface area contributed by atoms with E-state index < -0.39 is 5.60 Å². The molecule has 1 heterocycles. The summed E-state index contributed by atoms with van der Waals surface area (Å²) in [5.74, 6) is -0.0831. The summed E-state index contributed by atoms with van der Waals surface area (Å²) in [6.07, 6.45) is 0. The van der Waals surface area contributed by atoms with Gasteiger partial charge in [0.2, 0.25) is 5.91 Å². The first-order valence-corrected chi connectivity index (χ1v) is 7.34. The second kappa shape index (κ2) is 6.58. The number of rotatable bonds is 6. The number of anilines is 1. The van der Waals surface area contributed by atoms with Crippen molar-refractivity contribution in [3.05, 3.63) is 11.4 Å². The number of hydrogen-bond donors (Lipinski definition) is 2. The summed E-state index contributed by atoms with van der Waals surface area (Å²) in [6.45, 7) is 12.3. The molecule has 1 rings (SSSR count). The molecule has 0 spiro atoms. The zero-order chi connectivity index (χ0) is 16.4. The van der Waals surface area contributed by atoms with Gasteiger partial charge in [-0.15, -0.1) is 0 Å². The molecule has 0 radical (unpaired) electrons. The summed E-state index contributed by atoms with van der Waals surface area (Å²) >= 11 is 0. The number of likely N-dealkylation sites (N-methyl/N-ethyl adjacent to an activating group) is 1. The number of nitrogens with one attached hydrogen (secondary N) is 1. The van der Waals surface area contributed by atoms with Crippen molar-refractivity contribution in [3.8, 4) is 0 Å². The summed E-state index contributed by atoms with van der Waals surface area (Å²) in [5.41, 5.74) is 1.68. The van der Waals surface area contributed by atoms with Crippen molar-refractivity contribution in [3.63, 3.8) is 0 Å². The Bertz CT molecular complexity index is 503. The molecule has 21 heavy (non-hydrogen) atoms. The number of carbonyl (C=O) groups excluding carboxylic acids is 1. The highest BCUT2D eigenvalue weighted by Crippen LogP contribution is 2.19. The van der Waals surface area contributed by atoms with E-state index in [1.54, 1.807) is 18.5 Å². The summed E-state index contributed by atoms with van der Waals surface area (Å²) in [6, 6.07) is -0.319. The van der Waals surface area contributed by atoms with Gasteiger partial charge in [-0.3, -0.25) is 14.4 Å². The molecule has 0 saturated heterocycles. The van der Waals surface area contributed by atoms with Gasteiger partial charge < -0.3 is 10.4 Å². The first-order valence-electron chi connectivity index (χ1n) is 7.34. The van der Waals surface area contributed by atoms with Crippen LogP contribution in [0, 0.1) is 13.8 Å². The van der Waals surface area contributed by atoms with Crippen LogP contribution in [-0.2, 0) is 11.8 Å². The standard InChI is InChI=1S/C15H28N4O2/c1-8-19(9-15(5,6)21)12(4)14(20)16-13-10(2)17-18(7)11(13)3/h12,21H,8-9H2,1-7H3,(H,16,20). The Morgan fingerprint density at radius 3 is 2.43 bits per heavy atom. The second-order valence-electron chi connectivity index (χ2n) is 6.21. The molecular weight excluding hydrogens is 268 g/mol. The molecule has 0 bridgehead atoms. The predicted octanol–water partition coefficient (Wildman–Crippen LogP) is 1.46. The van der Waals surface area contributed by atoms with E-state index in [0.717, 1.165) is 17.1 Å². The Morgan fingerprint density at radius 1 is 1.48 bits per heavy atom. The molecule has 0 aliphatic rings. The highest BCUT2D eigenvalue weighted by molar-refractivity contribution is 5.95. The molecule has 0 aliphatic carbocycles. The van der Waals surface area contributed by atoms with Crippen LogP contribution < -0.4 is 5.32 Å². The lowest BCUT2D eigenvalue weighted by molar-refractivity contribution is -0.121. The van der Waals surface area contributed by atoms with Gasteiger partial charge >= 0.3 is 0 Å². The van der Waals surface area contributed by atoms with Crippen LogP contribution in [0.1, 0.15) is 39.1 Å². The lowest BCUT2D eigenvalue weighted by Crippen LogP contribution is -2.48. The summed E-state index contributed by atoms with van der Waals surface area (Å²) < 4.78 is 1.75. The fraction of sp³-hybridized carbons (Fsp3) is 0.733. The van der Waals surface area contributed by atoms with E-state index >= 15 is 0 Å². The minimum atomic E-state index is -0.829. The van der Waals surface area contributed by atoms with Crippen molar-refractivity contribution in [1.29, 1.82) is 0 Å². The monoisotopic (exact) mass is 296 g/mol. The zero-order valence-electron chi connectivity index (χ0n) is 14.2. The maximum atomic E-state index is 12.4. The lowest BCUT2D eigenvalue weighted by Gasteiger charge is -2.32. The van der Waals surface area contributed by atoms with E-state index in [9.17, 15) is 9.90 Å². The van der Waals surface area contributed by atoms with Gasteiger partial charge in [0.05, 0.1) is 28.7 Å². The number of aliphatic hydroxyl groups is 1. The molecule has 1 unspecified atom stereocenters. The summed E-state index contributed by atoms with van der Waals surface area (Å²) in [4.78, 5) is 14.4. The third kappa shape index (κ3) is 4.54. The van der Waals surface area contributed by atoms with E-state index in [1.165, 1.54) is 0 Å². The fourth-order valence-corrected chi connectivity index (χ4v) is 2.37. The van der Waals surface area contributed by atoms with Crippen LogP contribution in [0.3, 0.4) is 0 Å². The predicted molar refractivity (Wildman–Crippen MR) is 84.3 cm³/mol. The third-order valence-corrected chi connectivity index (χ3v) is 3.68. The van der Waals surface area contributed by atoms with Crippen molar-refractivity contribution in [2.75, 3.05) is 18.4 Å². The Labute approximate surface area is 127 Å². The van der Waals surface area contributed by atoms with Crippen LogP contribution in [0.15, 0.2) is 0 Å². The smallest absolute Gasteiger partial charge is 0.241 e. The Balaban J connectivity index is 2.82. The zero-order valence-corrected chi connectivity index (χ0v) is 14.2. The Morgan fingerprint density at radius 2 is 2.05 bits per heavy atom. The molecule has 6 nitrogen and oxygen atoms in total. The van der Waals surface area contributed by atoms with Crippen LogP contribution in [0.25, 0.3) is 0 Å². The van der Waals surface area contributed by atoms with Gasteiger partial charge in [-0.2, -0.15) is 5.10 Å². The van der Waals surface area contributed by atoms with Crippen molar-refractivity contribution in [2.45, 2.75) is 53.2 Å². The number of aromatic nitrogens is 2. The van der Waals surface area contributed by atoms with Crippen LogP contribution in [0.2, 0.25) is 0 Å². The van der Waals surface area contributed by atoms with E-state index in [1.807, 2.05) is 39.6 Å². The van der Waals surface area contributed by atoms with Crippen molar-refractivity contribution in [2.24, 2.45) is 7.05 Å². The van der Waals surface area contributed by atoms with Crippen LogP contribution >= 0.6 is 0 Å². The largest absolute Gasteiger partial charge is 0.389 e. The first kappa shape index (κ1) is 17.7. The molecule has 1 aromatic rings. The molecule has 120 valence electrons. The number of hydrogen-bond acceptors (Lipinski definition) is 4. The van der Waals surface area contributed by atoms with Gasteiger partial charge in [-0.05, 0) is 41.2 Å². The van der Waals surface area contributed by atoms with Gasteiger partial charge in [0.1, 0.15) is 0 Å². The van der Waals surface area contributed by atoms with Crippen molar-refractivity contribution in [1.82, 2.24) is 14.7 Å². The van der Waals surface area contributed by atoms with E-state index in [2.05, 4.69) is 10.4 Å². The minimum absolute atomic E-state index is 0.0831. The first-order chi connectivity index (χ1) is 9.56. The highest BCUT2D eigenvalue weighted by Gasteiger charge is 2.26. The SMILES string of the molecule is CCN(CC(C)(C)O)C(C)C(=O)Nc1c(C)nn(C)c1C. The maximum Gasteiger partial charge on any atom is 0.241 e. The summed E-state index contributed by atoms with van der Waals surface area (Å²) in [5, 5.41) is 17.2. The average Bonchev–Trinajstić information content (AvgIpc) is 2.60. The van der Waals surface area contributed by atoms with Crippen LogP contribution in [-0.4, -0.2) is 50.4 Å². The lowest BCUT2D eigenvalue weighted by atomic mass is 10.1. The van der Waals surface area contributed by atoms with Gasteiger partial charge in [-0.25, -0.2) is 0 Å². The second-order valence-corrected chi connectivity index (χ2v) is 6.21. The fourth-order valence-electron chi connectivity index (χ4n) is 2.37. The minimum Gasteiger partial charge on any atom is -0.389 e. The van der Waals surface area contributed by atoms with Gasteiger partial charge in [0.25, 0.3) is 0 Å². The van der Waals surface area contributed by atoms with E-state index in [-0.39, 0.29) is 11.9 Å². The van der Waals surface area contributed by atoms with Gasteiger partial charge in [-0.1, -0.05) is 6.92 Å². The average molecular weight is 296 g/mol. The number of nitrogens with zero attached hydrogens (tertiary/aromatic N) is 3. The highest BCUT2D eigenvalue weighted by atomic mass is 16.3. The van der Waals surface area contributed by atoms with Crippen molar-refractivity contribution < 1.29 is 9.90 Å². The molecule has 2 N–H and O–H groups in total. The molecular formula is C15H28N4O2. The van der Waals surface area contributed by atoms with Gasteiger partial charge in [0.15, 0.2) is 0 Å². The molecule has 0 aliphatic heterocycles. The summed E-state index contributed by atoms with van der Waals surface area (Å²) in [7, 11) is 1.86. The molecule has 6 heteroatoms. The van der Waals surface area contributed by atoms with Crippen LogP contribution in [0.5, 0.6) is 0 Å². The van der Waals surface area contributed by atoms with Crippen LogP contribution in [0.4, 0.5) is 5.69 Å². The number of carbonyl (C=O) groups is 1.